The van der Waals surface area contributed by atoms with E-state index in [2.05, 4.69) is 5.32 Å². The number of amides is 2. The molecule has 0 bridgehead atoms. The third-order valence-electron chi connectivity index (χ3n) is 3.57. The van der Waals surface area contributed by atoms with Gasteiger partial charge in [0.25, 0.3) is 5.91 Å². The second-order valence-corrected chi connectivity index (χ2v) is 5.22. The van der Waals surface area contributed by atoms with Gasteiger partial charge in [-0.3, -0.25) is 9.59 Å². The fraction of sp³-hybridized carbons (Fsp3) is 0.176. The Morgan fingerprint density at radius 1 is 1.21 bits per heavy atom. The minimum Gasteiger partial charge on any atom is -0.482 e. The number of anilines is 2. The minimum atomic E-state index is -0.724. The molecule has 0 saturated heterocycles. The summed E-state index contributed by atoms with van der Waals surface area (Å²) < 4.78 is 31.9. The molecule has 1 N–H and O–H groups in total. The SMILES string of the molecule is O=C(CCN1C(=O)COc2ccccc21)Nc1cc(F)ccc1F. The molecular weight excluding hydrogens is 318 g/mol. The van der Waals surface area contributed by atoms with Gasteiger partial charge in [0.1, 0.15) is 17.4 Å². The van der Waals surface area contributed by atoms with Gasteiger partial charge < -0.3 is 15.0 Å². The highest BCUT2D eigenvalue weighted by Crippen LogP contribution is 2.31. The van der Waals surface area contributed by atoms with Crippen molar-refractivity contribution in [2.24, 2.45) is 0 Å². The summed E-state index contributed by atoms with van der Waals surface area (Å²) in [5.74, 6) is -1.59. The molecule has 124 valence electrons. The topological polar surface area (TPSA) is 58.6 Å². The van der Waals surface area contributed by atoms with Crippen LogP contribution in [-0.2, 0) is 9.59 Å². The summed E-state index contributed by atoms with van der Waals surface area (Å²) in [6.45, 7) is 0.0130. The van der Waals surface area contributed by atoms with E-state index in [0.29, 0.717) is 11.4 Å². The first-order valence-corrected chi connectivity index (χ1v) is 7.31. The summed E-state index contributed by atoms with van der Waals surface area (Å²) in [6.07, 6.45) is -0.0595. The van der Waals surface area contributed by atoms with Gasteiger partial charge in [-0.15, -0.1) is 0 Å². The number of hydrogen-bond donors (Lipinski definition) is 1. The molecule has 2 amide bonds. The Hall–Kier alpha value is -2.96. The number of para-hydroxylation sites is 2. The van der Waals surface area contributed by atoms with Gasteiger partial charge in [-0.05, 0) is 24.3 Å². The Balaban J connectivity index is 1.66. The van der Waals surface area contributed by atoms with Gasteiger partial charge >= 0.3 is 0 Å². The Labute approximate surface area is 136 Å². The fourth-order valence-electron chi connectivity index (χ4n) is 2.42. The molecule has 0 spiro atoms. The molecule has 0 fully saturated rings. The van der Waals surface area contributed by atoms with Crippen molar-refractivity contribution in [2.45, 2.75) is 6.42 Å². The molecule has 1 heterocycles. The highest BCUT2D eigenvalue weighted by atomic mass is 19.1. The molecule has 7 heteroatoms. The smallest absolute Gasteiger partial charge is 0.265 e. The fourth-order valence-corrected chi connectivity index (χ4v) is 2.42. The monoisotopic (exact) mass is 332 g/mol. The zero-order valence-electron chi connectivity index (χ0n) is 12.6. The molecule has 0 saturated carbocycles. The van der Waals surface area contributed by atoms with Crippen molar-refractivity contribution in [3.05, 3.63) is 54.1 Å². The molecule has 0 aromatic heterocycles. The predicted octanol–water partition coefficient (Wildman–Crippen LogP) is 2.72. The molecule has 1 aliphatic rings. The van der Waals surface area contributed by atoms with Crippen molar-refractivity contribution in [1.82, 2.24) is 0 Å². The summed E-state index contributed by atoms with van der Waals surface area (Å²) in [5.41, 5.74) is 0.354. The highest BCUT2D eigenvalue weighted by Gasteiger charge is 2.25. The highest BCUT2D eigenvalue weighted by molar-refractivity contribution is 5.99. The van der Waals surface area contributed by atoms with E-state index in [0.717, 1.165) is 18.2 Å². The van der Waals surface area contributed by atoms with Crippen LogP contribution < -0.4 is 15.0 Å². The number of carbonyl (C=O) groups is 2. The first-order chi connectivity index (χ1) is 11.5. The van der Waals surface area contributed by atoms with E-state index in [9.17, 15) is 18.4 Å². The van der Waals surface area contributed by atoms with Crippen LogP contribution in [0.3, 0.4) is 0 Å². The van der Waals surface area contributed by atoms with Gasteiger partial charge in [0.05, 0.1) is 11.4 Å². The number of nitrogens with one attached hydrogen (secondary N) is 1. The summed E-state index contributed by atoms with van der Waals surface area (Å²) in [5, 5.41) is 2.31. The van der Waals surface area contributed by atoms with Gasteiger partial charge in [0.2, 0.25) is 5.91 Å². The minimum absolute atomic E-state index is 0.0595. The molecule has 2 aromatic rings. The number of carbonyl (C=O) groups excluding carboxylic acids is 2. The maximum Gasteiger partial charge on any atom is 0.265 e. The Kier molecular flexibility index (Phi) is 4.41. The quantitative estimate of drug-likeness (QED) is 0.936. The Bertz CT molecular complexity index is 795. The van der Waals surface area contributed by atoms with E-state index < -0.39 is 17.5 Å². The van der Waals surface area contributed by atoms with E-state index in [1.807, 2.05) is 0 Å². The molecule has 24 heavy (non-hydrogen) atoms. The van der Waals surface area contributed by atoms with Crippen LogP contribution >= 0.6 is 0 Å². The lowest BCUT2D eigenvalue weighted by Crippen LogP contribution is -2.40. The molecule has 1 aliphatic heterocycles. The van der Waals surface area contributed by atoms with Crippen molar-refractivity contribution < 1.29 is 23.1 Å². The van der Waals surface area contributed by atoms with E-state index in [1.165, 1.54) is 4.90 Å². The van der Waals surface area contributed by atoms with Crippen LogP contribution in [0.5, 0.6) is 5.75 Å². The number of fused-ring (bicyclic) bond motifs is 1. The first-order valence-electron chi connectivity index (χ1n) is 7.31. The third-order valence-corrected chi connectivity index (χ3v) is 3.57. The maximum absolute atomic E-state index is 13.5. The van der Waals surface area contributed by atoms with Crippen LogP contribution in [0.25, 0.3) is 0 Å². The van der Waals surface area contributed by atoms with Crippen molar-refractivity contribution in [3.8, 4) is 5.75 Å². The third kappa shape index (κ3) is 3.34. The van der Waals surface area contributed by atoms with Crippen molar-refractivity contribution in [3.63, 3.8) is 0 Å². The van der Waals surface area contributed by atoms with Crippen LogP contribution in [0.2, 0.25) is 0 Å². The van der Waals surface area contributed by atoms with E-state index in [-0.39, 0.29) is 31.2 Å². The van der Waals surface area contributed by atoms with Crippen LogP contribution in [0.4, 0.5) is 20.2 Å². The first kappa shape index (κ1) is 15.9. The average Bonchev–Trinajstić information content (AvgIpc) is 2.57. The van der Waals surface area contributed by atoms with Crippen molar-refractivity contribution in [1.29, 1.82) is 0 Å². The zero-order valence-corrected chi connectivity index (χ0v) is 12.6. The number of rotatable bonds is 4. The van der Waals surface area contributed by atoms with Gasteiger partial charge in [-0.25, -0.2) is 8.78 Å². The second kappa shape index (κ2) is 6.66. The van der Waals surface area contributed by atoms with Crippen LogP contribution in [0.15, 0.2) is 42.5 Å². The van der Waals surface area contributed by atoms with Crippen LogP contribution in [-0.4, -0.2) is 25.0 Å². The van der Waals surface area contributed by atoms with Crippen LogP contribution in [0.1, 0.15) is 6.42 Å². The largest absolute Gasteiger partial charge is 0.482 e. The average molecular weight is 332 g/mol. The summed E-state index contributed by atoms with van der Waals surface area (Å²) in [6, 6.07) is 9.80. The van der Waals surface area contributed by atoms with Crippen LogP contribution in [0, 0.1) is 11.6 Å². The molecule has 0 radical (unpaired) electrons. The summed E-state index contributed by atoms with van der Waals surface area (Å²) in [7, 11) is 0. The van der Waals surface area contributed by atoms with Crippen molar-refractivity contribution >= 4 is 23.2 Å². The summed E-state index contributed by atoms with van der Waals surface area (Å²) in [4.78, 5) is 25.4. The Morgan fingerprint density at radius 2 is 2.00 bits per heavy atom. The molecular formula is C17H14F2N2O3. The van der Waals surface area contributed by atoms with Gasteiger partial charge in [0, 0.05) is 19.0 Å². The number of hydrogen-bond acceptors (Lipinski definition) is 3. The van der Waals surface area contributed by atoms with Crippen molar-refractivity contribution in [2.75, 3.05) is 23.4 Å². The second-order valence-electron chi connectivity index (χ2n) is 5.22. The van der Waals surface area contributed by atoms with Gasteiger partial charge in [0.15, 0.2) is 6.61 Å². The van der Waals surface area contributed by atoms with Gasteiger partial charge in [-0.1, -0.05) is 12.1 Å². The summed E-state index contributed by atoms with van der Waals surface area (Å²) >= 11 is 0. The van der Waals surface area contributed by atoms with E-state index >= 15 is 0 Å². The molecule has 5 nitrogen and oxygen atoms in total. The number of benzene rings is 2. The predicted molar refractivity (Wildman–Crippen MR) is 83.9 cm³/mol. The standard InChI is InChI=1S/C17H14F2N2O3/c18-11-5-6-12(19)13(9-11)20-16(22)7-8-21-14-3-1-2-4-15(14)24-10-17(21)23/h1-6,9H,7-8,10H2,(H,20,22). The van der Waals surface area contributed by atoms with Gasteiger partial charge in [-0.2, -0.15) is 0 Å². The lowest BCUT2D eigenvalue weighted by Gasteiger charge is -2.29. The van der Waals surface area contributed by atoms with E-state index in [1.54, 1.807) is 24.3 Å². The Morgan fingerprint density at radius 3 is 2.83 bits per heavy atom. The maximum atomic E-state index is 13.5. The molecule has 0 aliphatic carbocycles. The van der Waals surface area contributed by atoms with E-state index in [4.69, 9.17) is 4.74 Å². The number of nitrogens with zero attached hydrogens (tertiary/aromatic N) is 1. The normalized spacial score (nSPS) is 13.2. The lowest BCUT2D eigenvalue weighted by molar-refractivity contribution is -0.121. The zero-order chi connectivity index (χ0) is 17.1. The molecule has 0 atom stereocenters. The lowest BCUT2D eigenvalue weighted by atomic mass is 10.2. The number of ether oxygens (including phenoxy) is 1. The number of halogens is 2. The molecule has 2 aromatic carbocycles. The molecule has 3 rings (SSSR count). The molecule has 0 unspecified atom stereocenters.